The largest absolute Gasteiger partial charge is 0.399 e. The van der Waals surface area contributed by atoms with Crippen LogP contribution in [0.1, 0.15) is 19.4 Å². The number of hydrogen-bond donors (Lipinski definition) is 1. The predicted molar refractivity (Wildman–Crippen MR) is 77.8 cm³/mol. The number of carbonyl (C=O) groups is 1. The van der Waals surface area contributed by atoms with E-state index in [0.29, 0.717) is 12.5 Å². The quantitative estimate of drug-likeness (QED) is 0.836. The van der Waals surface area contributed by atoms with Crippen LogP contribution < -0.4 is 5.73 Å². The van der Waals surface area contributed by atoms with Crippen molar-refractivity contribution < 1.29 is 4.79 Å². The normalized spacial score (nSPS) is 20.5. The highest BCUT2D eigenvalue weighted by atomic mass is 16.2. The summed E-state index contributed by atoms with van der Waals surface area (Å²) in [5.41, 5.74) is 7.42. The second-order valence-electron chi connectivity index (χ2n) is 5.24. The summed E-state index contributed by atoms with van der Waals surface area (Å²) in [5, 5.41) is 0. The molecule has 1 aliphatic rings. The average Bonchev–Trinajstić information content (AvgIpc) is 2.41. The van der Waals surface area contributed by atoms with Crippen LogP contribution in [0.3, 0.4) is 0 Å². The van der Waals surface area contributed by atoms with E-state index in [2.05, 4.69) is 18.7 Å². The average molecular weight is 261 g/mol. The maximum Gasteiger partial charge on any atom is 0.227 e. The summed E-state index contributed by atoms with van der Waals surface area (Å²) in [6.07, 6.45) is 0.471. The molecule has 2 rings (SSSR count). The van der Waals surface area contributed by atoms with Crippen LogP contribution in [0.4, 0.5) is 5.69 Å². The number of carbonyl (C=O) groups excluding carboxylic acids is 1. The maximum absolute atomic E-state index is 12.3. The van der Waals surface area contributed by atoms with Gasteiger partial charge < -0.3 is 10.6 Å². The molecule has 1 saturated heterocycles. The third-order valence-corrected chi connectivity index (χ3v) is 3.86. The second kappa shape index (κ2) is 6.06. The van der Waals surface area contributed by atoms with Crippen molar-refractivity contribution in [2.75, 3.05) is 31.9 Å². The Balaban J connectivity index is 1.92. The molecule has 0 aliphatic carbocycles. The van der Waals surface area contributed by atoms with Gasteiger partial charge in [-0.1, -0.05) is 19.1 Å². The Labute approximate surface area is 115 Å². The summed E-state index contributed by atoms with van der Waals surface area (Å²) in [4.78, 5) is 16.7. The number of nitrogens with two attached hydrogens (primary N) is 1. The first kappa shape index (κ1) is 13.9. The van der Waals surface area contributed by atoms with E-state index in [-0.39, 0.29) is 5.91 Å². The third kappa shape index (κ3) is 3.47. The number of likely N-dealkylation sites (N-methyl/N-ethyl adjacent to an activating group) is 1. The second-order valence-corrected chi connectivity index (χ2v) is 5.24. The highest BCUT2D eigenvalue weighted by molar-refractivity contribution is 5.79. The molecule has 4 nitrogen and oxygen atoms in total. The van der Waals surface area contributed by atoms with E-state index in [4.69, 9.17) is 5.73 Å². The van der Waals surface area contributed by atoms with Gasteiger partial charge in [0.05, 0.1) is 6.42 Å². The van der Waals surface area contributed by atoms with Crippen molar-refractivity contribution in [2.24, 2.45) is 0 Å². The molecule has 4 heteroatoms. The van der Waals surface area contributed by atoms with Crippen LogP contribution in [0, 0.1) is 0 Å². The minimum absolute atomic E-state index is 0.215. The van der Waals surface area contributed by atoms with Crippen molar-refractivity contribution in [1.82, 2.24) is 9.80 Å². The summed E-state index contributed by atoms with van der Waals surface area (Å²) in [6, 6.07) is 8.01. The zero-order valence-corrected chi connectivity index (χ0v) is 11.8. The van der Waals surface area contributed by atoms with Crippen molar-refractivity contribution in [1.29, 1.82) is 0 Å². The first-order chi connectivity index (χ1) is 9.10. The number of anilines is 1. The number of piperazine rings is 1. The lowest BCUT2D eigenvalue weighted by Gasteiger charge is -2.39. The molecule has 1 fully saturated rings. The van der Waals surface area contributed by atoms with Gasteiger partial charge in [-0.2, -0.15) is 0 Å². The van der Waals surface area contributed by atoms with Crippen molar-refractivity contribution in [2.45, 2.75) is 26.3 Å². The monoisotopic (exact) mass is 261 g/mol. The number of rotatable bonds is 3. The van der Waals surface area contributed by atoms with Gasteiger partial charge in [0.2, 0.25) is 5.91 Å². The van der Waals surface area contributed by atoms with Crippen LogP contribution in [0.25, 0.3) is 0 Å². The van der Waals surface area contributed by atoms with Gasteiger partial charge in [0.15, 0.2) is 0 Å². The lowest BCUT2D eigenvalue weighted by molar-refractivity contribution is -0.133. The molecule has 0 bridgehead atoms. The Morgan fingerprint density at radius 2 is 2.00 bits per heavy atom. The van der Waals surface area contributed by atoms with Gasteiger partial charge in [-0.15, -0.1) is 0 Å². The maximum atomic E-state index is 12.3. The Hall–Kier alpha value is -1.55. The molecule has 104 valence electrons. The molecular weight excluding hydrogens is 238 g/mol. The van der Waals surface area contributed by atoms with E-state index < -0.39 is 0 Å². The zero-order chi connectivity index (χ0) is 13.8. The number of benzene rings is 1. The SMILES string of the molecule is CCN1CCN(C(=O)Cc2ccc(N)cc2)CC1C. The van der Waals surface area contributed by atoms with Gasteiger partial charge in [0, 0.05) is 31.4 Å². The standard InChI is InChI=1S/C15H23N3O/c1-3-17-8-9-18(11-12(17)2)15(19)10-13-4-6-14(16)7-5-13/h4-7,12H,3,8-11,16H2,1-2H3. The summed E-state index contributed by atoms with van der Waals surface area (Å²) in [7, 11) is 0. The van der Waals surface area contributed by atoms with Crippen molar-refractivity contribution >= 4 is 11.6 Å². The van der Waals surface area contributed by atoms with Crippen LogP contribution in [0.15, 0.2) is 24.3 Å². The Morgan fingerprint density at radius 3 is 2.58 bits per heavy atom. The van der Waals surface area contributed by atoms with Crippen LogP contribution in [-0.2, 0) is 11.2 Å². The minimum Gasteiger partial charge on any atom is -0.399 e. The molecule has 0 aromatic heterocycles. The highest BCUT2D eigenvalue weighted by Gasteiger charge is 2.25. The van der Waals surface area contributed by atoms with Crippen LogP contribution >= 0.6 is 0 Å². The molecule has 1 heterocycles. The topological polar surface area (TPSA) is 49.6 Å². The molecule has 0 spiro atoms. The van der Waals surface area contributed by atoms with Gasteiger partial charge >= 0.3 is 0 Å². The molecular formula is C15H23N3O. The van der Waals surface area contributed by atoms with Gasteiger partial charge in [-0.3, -0.25) is 9.69 Å². The zero-order valence-electron chi connectivity index (χ0n) is 11.8. The van der Waals surface area contributed by atoms with Gasteiger partial charge in [-0.25, -0.2) is 0 Å². The summed E-state index contributed by atoms with van der Waals surface area (Å²) < 4.78 is 0. The minimum atomic E-state index is 0.215. The molecule has 0 radical (unpaired) electrons. The molecule has 1 unspecified atom stereocenters. The van der Waals surface area contributed by atoms with Gasteiger partial charge in [0.25, 0.3) is 0 Å². The van der Waals surface area contributed by atoms with E-state index in [9.17, 15) is 4.79 Å². The molecule has 1 aromatic carbocycles. The molecule has 2 N–H and O–H groups in total. The van der Waals surface area contributed by atoms with Crippen molar-refractivity contribution in [3.63, 3.8) is 0 Å². The lowest BCUT2D eigenvalue weighted by atomic mass is 10.1. The van der Waals surface area contributed by atoms with Gasteiger partial charge in [-0.05, 0) is 31.2 Å². The van der Waals surface area contributed by atoms with E-state index in [1.165, 1.54) is 0 Å². The van der Waals surface area contributed by atoms with E-state index in [1.807, 2.05) is 29.2 Å². The third-order valence-electron chi connectivity index (χ3n) is 3.86. The summed E-state index contributed by atoms with van der Waals surface area (Å²) in [6.45, 7) is 8.06. The number of nitrogen functional groups attached to an aromatic ring is 1. The number of amides is 1. The van der Waals surface area contributed by atoms with E-state index in [0.717, 1.165) is 37.4 Å². The Kier molecular flexibility index (Phi) is 4.43. The fourth-order valence-corrected chi connectivity index (χ4v) is 2.61. The van der Waals surface area contributed by atoms with Crippen LogP contribution in [-0.4, -0.2) is 47.9 Å². The number of nitrogens with zero attached hydrogens (tertiary/aromatic N) is 2. The molecule has 1 aliphatic heterocycles. The number of hydrogen-bond acceptors (Lipinski definition) is 3. The molecule has 1 atom stereocenters. The first-order valence-corrected chi connectivity index (χ1v) is 6.96. The molecule has 1 amide bonds. The molecule has 1 aromatic rings. The first-order valence-electron chi connectivity index (χ1n) is 6.96. The highest BCUT2D eigenvalue weighted by Crippen LogP contribution is 2.12. The fraction of sp³-hybridized carbons (Fsp3) is 0.533. The fourth-order valence-electron chi connectivity index (χ4n) is 2.61. The van der Waals surface area contributed by atoms with Crippen molar-refractivity contribution in [3.8, 4) is 0 Å². The summed E-state index contributed by atoms with van der Waals surface area (Å²) >= 11 is 0. The van der Waals surface area contributed by atoms with E-state index in [1.54, 1.807) is 0 Å². The van der Waals surface area contributed by atoms with Gasteiger partial charge in [0.1, 0.15) is 0 Å². The smallest absolute Gasteiger partial charge is 0.227 e. The molecule has 19 heavy (non-hydrogen) atoms. The summed E-state index contributed by atoms with van der Waals surface area (Å²) in [5.74, 6) is 0.215. The van der Waals surface area contributed by atoms with Crippen molar-refractivity contribution in [3.05, 3.63) is 29.8 Å². The van der Waals surface area contributed by atoms with Crippen LogP contribution in [0.5, 0.6) is 0 Å². The van der Waals surface area contributed by atoms with Crippen LogP contribution in [0.2, 0.25) is 0 Å². The Bertz CT molecular complexity index is 430. The van der Waals surface area contributed by atoms with E-state index >= 15 is 0 Å². The predicted octanol–water partition coefficient (Wildman–Crippen LogP) is 1.36. The molecule has 0 saturated carbocycles. The lowest BCUT2D eigenvalue weighted by Crippen LogP contribution is -2.53. The Morgan fingerprint density at radius 1 is 1.32 bits per heavy atom.